The van der Waals surface area contributed by atoms with Crippen molar-refractivity contribution in [3.63, 3.8) is 0 Å². The van der Waals surface area contributed by atoms with Gasteiger partial charge in [-0.05, 0) is 23.8 Å². The Balaban J connectivity index is 3.09. The summed E-state index contributed by atoms with van der Waals surface area (Å²) in [5.41, 5.74) is 0.0245. The maximum atomic E-state index is 14.2. The normalized spacial score (nSPS) is 12.7. The number of halogens is 2. The van der Waals surface area contributed by atoms with E-state index in [0.29, 0.717) is 6.42 Å². The lowest BCUT2D eigenvalue weighted by Crippen LogP contribution is -2.29. The summed E-state index contributed by atoms with van der Waals surface area (Å²) >= 11 is 5.91. The van der Waals surface area contributed by atoms with Gasteiger partial charge in [0.25, 0.3) is 0 Å². The van der Waals surface area contributed by atoms with E-state index in [-0.39, 0.29) is 46.7 Å². The van der Waals surface area contributed by atoms with Gasteiger partial charge in [-0.25, -0.2) is 14.2 Å². The molecule has 0 aromatic carbocycles. The molecule has 1 unspecified atom stereocenters. The van der Waals surface area contributed by atoms with Crippen LogP contribution in [0.2, 0.25) is 5.15 Å². The summed E-state index contributed by atoms with van der Waals surface area (Å²) in [7, 11) is 1.47. The lowest BCUT2D eigenvalue weighted by Gasteiger charge is -2.33. The monoisotopic (exact) mass is 340 g/mol. The van der Waals surface area contributed by atoms with E-state index in [0.717, 1.165) is 12.5 Å². The number of methoxy groups -OCH3 is 1. The van der Waals surface area contributed by atoms with Crippen LogP contribution >= 0.6 is 11.6 Å². The predicted molar refractivity (Wildman–Crippen MR) is 88.2 cm³/mol. The second kappa shape index (κ2) is 8.37. The summed E-state index contributed by atoms with van der Waals surface area (Å²) in [6.07, 6.45) is 1.42. The van der Waals surface area contributed by atoms with Crippen LogP contribution in [0.15, 0.2) is 6.07 Å². The molecule has 23 heavy (non-hydrogen) atoms. The number of aromatic nitrogens is 1. The molecule has 1 rings (SSSR count). The molecular formula is C17H22ClFN2O2. The Morgan fingerprint density at radius 3 is 2.74 bits per heavy atom. The third kappa shape index (κ3) is 5.26. The van der Waals surface area contributed by atoms with E-state index in [2.05, 4.69) is 9.83 Å². The number of ketones is 1. The fraction of sp³-hybridized carbons (Fsp3) is 0.588. The Kier molecular flexibility index (Phi) is 7.11. The van der Waals surface area contributed by atoms with E-state index in [9.17, 15) is 9.18 Å². The van der Waals surface area contributed by atoms with Crippen LogP contribution in [-0.4, -0.2) is 24.5 Å². The number of hydrogen-bond donors (Lipinski definition) is 0. The number of rotatable bonds is 8. The Labute approximate surface area is 141 Å². The van der Waals surface area contributed by atoms with Crippen LogP contribution < -0.4 is 0 Å². The zero-order valence-corrected chi connectivity index (χ0v) is 14.7. The molecule has 0 aliphatic heterocycles. The fourth-order valence-electron chi connectivity index (χ4n) is 2.36. The van der Waals surface area contributed by atoms with Gasteiger partial charge in [-0.3, -0.25) is 4.79 Å². The first-order valence-electron chi connectivity index (χ1n) is 7.48. The van der Waals surface area contributed by atoms with E-state index in [4.69, 9.17) is 22.9 Å². The van der Waals surface area contributed by atoms with Gasteiger partial charge in [-0.2, -0.15) is 0 Å². The third-order valence-electron chi connectivity index (χ3n) is 4.34. The summed E-state index contributed by atoms with van der Waals surface area (Å²) in [5.74, 6) is -0.674. The largest absolute Gasteiger partial charge is 0.377 e. The minimum absolute atomic E-state index is 0.00493. The average Bonchev–Trinajstić information content (AvgIpc) is 2.49. The molecule has 0 saturated carbocycles. The first-order chi connectivity index (χ1) is 10.7. The van der Waals surface area contributed by atoms with Crippen LogP contribution in [0.25, 0.3) is 4.85 Å². The van der Waals surface area contributed by atoms with Gasteiger partial charge in [0, 0.05) is 13.5 Å². The lowest BCUT2D eigenvalue weighted by molar-refractivity contribution is -0.124. The highest BCUT2D eigenvalue weighted by Gasteiger charge is 2.31. The maximum absolute atomic E-state index is 14.2. The summed E-state index contributed by atoms with van der Waals surface area (Å²) in [5, 5.41) is -0.00678. The molecule has 0 aliphatic rings. The number of nitrogens with zero attached hydrogens (tertiary/aromatic N) is 2. The molecule has 0 amide bonds. The van der Waals surface area contributed by atoms with Crippen molar-refractivity contribution in [1.82, 2.24) is 4.98 Å². The number of carbonyl (C=O) groups is 1. The van der Waals surface area contributed by atoms with Crippen LogP contribution in [0.5, 0.6) is 0 Å². The smallest absolute Gasteiger partial charge is 0.226 e. The number of carbonyl (C=O) groups excluding carboxylic acids is 1. The van der Waals surface area contributed by atoms with E-state index >= 15 is 0 Å². The summed E-state index contributed by atoms with van der Waals surface area (Å²) < 4.78 is 19.1. The van der Waals surface area contributed by atoms with Crippen LogP contribution in [0.4, 0.5) is 10.1 Å². The Morgan fingerprint density at radius 2 is 2.22 bits per heavy atom. The quantitative estimate of drug-likeness (QED) is 0.512. The van der Waals surface area contributed by atoms with E-state index in [1.54, 1.807) is 0 Å². The van der Waals surface area contributed by atoms with Gasteiger partial charge in [0.1, 0.15) is 17.6 Å². The van der Waals surface area contributed by atoms with Crippen molar-refractivity contribution in [1.29, 1.82) is 0 Å². The highest BCUT2D eigenvalue weighted by Crippen LogP contribution is 2.36. The molecule has 1 heterocycles. The SMILES string of the molecule is [C-]#[N+]c1cc(F)c(CC(CC(=O)COC)C(C)(C)CC)nc1Cl. The third-order valence-corrected chi connectivity index (χ3v) is 4.62. The molecule has 0 spiro atoms. The first kappa shape index (κ1) is 19.5. The Hall–Kier alpha value is -1.51. The van der Waals surface area contributed by atoms with Crippen molar-refractivity contribution in [3.05, 3.63) is 34.1 Å². The minimum atomic E-state index is -0.559. The van der Waals surface area contributed by atoms with Gasteiger partial charge >= 0.3 is 0 Å². The van der Waals surface area contributed by atoms with Crippen molar-refractivity contribution in [2.75, 3.05) is 13.7 Å². The second-order valence-electron chi connectivity index (χ2n) is 6.26. The molecule has 1 aromatic rings. The van der Waals surface area contributed by atoms with Crippen LogP contribution in [0, 0.1) is 23.7 Å². The molecule has 4 nitrogen and oxygen atoms in total. The number of ether oxygens (including phenoxy) is 1. The zero-order valence-electron chi connectivity index (χ0n) is 13.9. The molecule has 0 N–H and O–H groups in total. The fourth-order valence-corrected chi connectivity index (χ4v) is 2.55. The van der Waals surface area contributed by atoms with Crippen LogP contribution in [0.1, 0.15) is 39.3 Å². The molecule has 126 valence electrons. The molecule has 0 bridgehead atoms. The maximum Gasteiger partial charge on any atom is 0.226 e. The minimum Gasteiger partial charge on any atom is -0.377 e. The van der Waals surface area contributed by atoms with Crippen molar-refractivity contribution in [3.8, 4) is 0 Å². The standard InChI is InChI=1S/C17H22ClFN2O2/c1-6-17(2,3)11(7-12(22)10-23-5)8-14-13(19)9-15(20-4)16(18)21-14/h9,11H,6-8,10H2,1-3,5H3. The van der Waals surface area contributed by atoms with Gasteiger partial charge < -0.3 is 4.74 Å². The van der Waals surface area contributed by atoms with Gasteiger partial charge in [-0.1, -0.05) is 38.8 Å². The van der Waals surface area contributed by atoms with Gasteiger partial charge in [-0.15, -0.1) is 0 Å². The van der Waals surface area contributed by atoms with Crippen molar-refractivity contribution >= 4 is 23.1 Å². The lowest BCUT2D eigenvalue weighted by atomic mass is 9.72. The highest BCUT2D eigenvalue weighted by molar-refractivity contribution is 6.32. The molecule has 1 atom stereocenters. The summed E-state index contributed by atoms with van der Waals surface area (Å²) in [6, 6.07) is 1.10. The Bertz CT molecular complexity index is 611. The zero-order chi connectivity index (χ0) is 17.6. The second-order valence-corrected chi connectivity index (χ2v) is 6.62. The molecule has 0 aliphatic carbocycles. The van der Waals surface area contributed by atoms with Gasteiger partial charge in [0.05, 0.1) is 12.3 Å². The van der Waals surface area contributed by atoms with E-state index in [1.165, 1.54) is 7.11 Å². The van der Waals surface area contributed by atoms with Crippen LogP contribution in [-0.2, 0) is 16.0 Å². The van der Waals surface area contributed by atoms with Gasteiger partial charge in [0.15, 0.2) is 5.78 Å². The van der Waals surface area contributed by atoms with E-state index < -0.39 is 5.82 Å². The molecule has 0 fully saturated rings. The number of Topliss-reactive ketones (excluding diaryl/α,β-unsaturated/α-hetero) is 1. The summed E-state index contributed by atoms with van der Waals surface area (Å²) in [6.45, 7) is 13.1. The molecule has 1 aromatic heterocycles. The number of hydrogen-bond acceptors (Lipinski definition) is 3. The highest BCUT2D eigenvalue weighted by atomic mass is 35.5. The summed E-state index contributed by atoms with van der Waals surface area (Å²) in [4.78, 5) is 19.1. The first-order valence-corrected chi connectivity index (χ1v) is 7.86. The van der Waals surface area contributed by atoms with Crippen LogP contribution in [0.3, 0.4) is 0 Å². The average molecular weight is 341 g/mol. The molecule has 0 radical (unpaired) electrons. The van der Waals surface area contributed by atoms with Crippen molar-refractivity contribution in [2.24, 2.45) is 11.3 Å². The van der Waals surface area contributed by atoms with Crippen molar-refractivity contribution in [2.45, 2.75) is 40.0 Å². The molecular weight excluding hydrogens is 319 g/mol. The number of pyridine rings is 1. The van der Waals surface area contributed by atoms with Gasteiger partial charge in [0.2, 0.25) is 5.69 Å². The van der Waals surface area contributed by atoms with Crippen molar-refractivity contribution < 1.29 is 13.9 Å². The topological polar surface area (TPSA) is 43.5 Å². The Morgan fingerprint density at radius 1 is 1.57 bits per heavy atom. The van der Waals surface area contributed by atoms with E-state index in [1.807, 2.05) is 20.8 Å². The molecule has 6 heteroatoms. The molecule has 0 saturated heterocycles. The predicted octanol–water partition coefficient (Wildman–Crippen LogP) is 4.63.